The first-order chi connectivity index (χ1) is 11.5. The van der Waals surface area contributed by atoms with E-state index in [9.17, 15) is 9.59 Å². The third-order valence-corrected chi connectivity index (χ3v) is 4.80. The minimum absolute atomic E-state index is 0.0767. The van der Waals surface area contributed by atoms with Gasteiger partial charge in [0.25, 0.3) is 0 Å². The molecule has 2 unspecified atom stereocenters. The molecular weight excluding hydrogens is 366 g/mol. The number of nitrogens with one attached hydrogen (secondary N) is 1. The normalized spacial score (nSPS) is 20.4. The van der Waals surface area contributed by atoms with E-state index in [1.165, 1.54) is 0 Å². The maximum absolute atomic E-state index is 12.9. The molecule has 2 aromatic carbocycles. The second-order valence-corrected chi connectivity index (χ2v) is 6.97. The van der Waals surface area contributed by atoms with E-state index in [0.717, 1.165) is 21.3 Å². The number of anilines is 1. The Balaban J connectivity index is 1.90. The lowest BCUT2D eigenvalue weighted by Crippen LogP contribution is -2.33. The Morgan fingerprint density at radius 1 is 1.12 bits per heavy atom. The van der Waals surface area contributed by atoms with E-state index in [-0.39, 0.29) is 23.5 Å². The molecule has 0 aliphatic heterocycles. The van der Waals surface area contributed by atoms with Gasteiger partial charge in [0.15, 0.2) is 5.78 Å². The van der Waals surface area contributed by atoms with Gasteiger partial charge in [-0.05, 0) is 36.8 Å². The Morgan fingerprint density at radius 2 is 1.88 bits per heavy atom. The summed E-state index contributed by atoms with van der Waals surface area (Å²) >= 11 is 3.41. The molecule has 1 N–H and O–H groups in total. The molecule has 0 bridgehead atoms. The van der Waals surface area contributed by atoms with Crippen molar-refractivity contribution in [1.29, 1.82) is 0 Å². The first-order valence-electron chi connectivity index (χ1n) is 7.87. The molecule has 3 nitrogen and oxygen atoms in total. The summed E-state index contributed by atoms with van der Waals surface area (Å²) in [4.78, 5) is 24.9. The molecular formula is C20H18BrNO2. The van der Waals surface area contributed by atoms with Gasteiger partial charge >= 0.3 is 0 Å². The monoisotopic (exact) mass is 383 g/mol. The van der Waals surface area contributed by atoms with E-state index >= 15 is 0 Å². The zero-order chi connectivity index (χ0) is 17.1. The van der Waals surface area contributed by atoms with E-state index in [4.69, 9.17) is 0 Å². The predicted octanol–water partition coefficient (Wildman–Crippen LogP) is 4.71. The van der Waals surface area contributed by atoms with E-state index in [1.54, 1.807) is 6.08 Å². The van der Waals surface area contributed by atoms with Crippen molar-refractivity contribution in [3.8, 4) is 0 Å². The zero-order valence-corrected chi connectivity index (χ0v) is 14.9. The molecule has 24 heavy (non-hydrogen) atoms. The number of amides is 1. The second-order valence-electron chi connectivity index (χ2n) is 6.05. The maximum atomic E-state index is 12.9. The van der Waals surface area contributed by atoms with Crippen molar-refractivity contribution in [3.05, 3.63) is 76.3 Å². The average molecular weight is 384 g/mol. The lowest BCUT2D eigenvalue weighted by atomic mass is 9.74. The molecule has 0 heterocycles. The number of allylic oxidation sites excluding steroid dienone is 1. The maximum Gasteiger partial charge on any atom is 0.232 e. The van der Waals surface area contributed by atoms with Gasteiger partial charge in [-0.25, -0.2) is 0 Å². The highest BCUT2D eigenvalue weighted by atomic mass is 79.9. The van der Waals surface area contributed by atoms with Crippen molar-refractivity contribution >= 4 is 33.3 Å². The highest BCUT2D eigenvalue weighted by molar-refractivity contribution is 9.10. The van der Waals surface area contributed by atoms with Gasteiger partial charge in [0.05, 0.1) is 5.92 Å². The van der Waals surface area contributed by atoms with Gasteiger partial charge in [0.1, 0.15) is 0 Å². The smallest absolute Gasteiger partial charge is 0.232 e. The number of ketones is 1. The molecule has 0 radical (unpaired) electrons. The Bertz CT molecular complexity index is 798. The molecule has 1 aliphatic carbocycles. The van der Waals surface area contributed by atoms with Gasteiger partial charge in [0, 0.05) is 22.5 Å². The lowest BCUT2D eigenvalue weighted by molar-refractivity contribution is -0.121. The fourth-order valence-electron chi connectivity index (χ4n) is 3.24. The fourth-order valence-corrected chi connectivity index (χ4v) is 3.64. The summed E-state index contributed by atoms with van der Waals surface area (Å²) in [5.74, 6) is -0.476. The highest BCUT2D eigenvalue weighted by Gasteiger charge is 2.35. The Morgan fingerprint density at radius 3 is 2.58 bits per heavy atom. The van der Waals surface area contributed by atoms with Gasteiger partial charge in [-0.15, -0.1) is 0 Å². The summed E-state index contributed by atoms with van der Waals surface area (Å²) in [6, 6.07) is 17.3. The largest absolute Gasteiger partial charge is 0.326 e. The SMILES string of the molecule is CC1=CC(=O)CC(c2ccccc2)C1C(=O)Nc1cccc(Br)c1. The van der Waals surface area contributed by atoms with Crippen LogP contribution in [0.1, 0.15) is 24.8 Å². The minimum atomic E-state index is -0.343. The highest BCUT2D eigenvalue weighted by Crippen LogP contribution is 2.37. The Hall–Kier alpha value is -2.20. The van der Waals surface area contributed by atoms with Gasteiger partial charge in [-0.2, -0.15) is 0 Å². The van der Waals surface area contributed by atoms with Crippen molar-refractivity contribution in [1.82, 2.24) is 0 Å². The van der Waals surface area contributed by atoms with Crippen LogP contribution in [0.4, 0.5) is 5.69 Å². The van der Waals surface area contributed by atoms with Crippen LogP contribution >= 0.6 is 15.9 Å². The van der Waals surface area contributed by atoms with Crippen LogP contribution in [0, 0.1) is 5.92 Å². The standard InChI is InChI=1S/C20H18BrNO2/c1-13-10-17(23)12-18(14-6-3-2-4-7-14)19(13)20(24)22-16-9-5-8-15(21)11-16/h2-11,18-19H,12H2,1H3,(H,22,24). The molecule has 0 spiro atoms. The van der Waals surface area contributed by atoms with Crippen LogP contribution in [-0.4, -0.2) is 11.7 Å². The Kier molecular flexibility index (Phi) is 4.95. The van der Waals surface area contributed by atoms with Crippen LogP contribution in [0.3, 0.4) is 0 Å². The van der Waals surface area contributed by atoms with E-state index in [1.807, 2.05) is 61.5 Å². The number of rotatable bonds is 3. The van der Waals surface area contributed by atoms with Crippen molar-refractivity contribution in [3.63, 3.8) is 0 Å². The summed E-state index contributed by atoms with van der Waals surface area (Å²) in [6.07, 6.45) is 1.96. The molecule has 122 valence electrons. The van der Waals surface area contributed by atoms with Crippen molar-refractivity contribution < 1.29 is 9.59 Å². The third kappa shape index (κ3) is 3.65. The number of hydrogen-bond acceptors (Lipinski definition) is 2. The van der Waals surface area contributed by atoms with E-state index in [2.05, 4.69) is 21.2 Å². The van der Waals surface area contributed by atoms with Crippen molar-refractivity contribution in [2.75, 3.05) is 5.32 Å². The molecule has 4 heteroatoms. The van der Waals surface area contributed by atoms with Gasteiger partial charge in [0.2, 0.25) is 5.91 Å². The molecule has 3 rings (SSSR count). The molecule has 1 amide bonds. The van der Waals surface area contributed by atoms with Crippen LogP contribution < -0.4 is 5.32 Å². The van der Waals surface area contributed by atoms with Crippen LogP contribution in [0.25, 0.3) is 0 Å². The first-order valence-corrected chi connectivity index (χ1v) is 8.66. The van der Waals surface area contributed by atoms with Crippen LogP contribution in [0.2, 0.25) is 0 Å². The molecule has 2 atom stereocenters. The minimum Gasteiger partial charge on any atom is -0.326 e. The van der Waals surface area contributed by atoms with Crippen molar-refractivity contribution in [2.45, 2.75) is 19.3 Å². The third-order valence-electron chi connectivity index (χ3n) is 4.31. The molecule has 0 saturated carbocycles. The predicted molar refractivity (Wildman–Crippen MR) is 98.8 cm³/mol. The number of carbonyl (C=O) groups excluding carboxylic acids is 2. The van der Waals surface area contributed by atoms with E-state index in [0.29, 0.717) is 6.42 Å². The molecule has 0 aromatic heterocycles. The fraction of sp³-hybridized carbons (Fsp3) is 0.200. The number of hydrogen-bond donors (Lipinski definition) is 1. The van der Waals surface area contributed by atoms with Crippen LogP contribution in [0.5, 0.6) is 0 Å². The quantitative estimate of drug-likeness (QED) is 0.834. The number of benzene rings is 2. The Labute approximate surface area is 149 Å². The summed E-state index contributed by atoms with van der Waals surface area (Å²) in [6.45, 7) is 1.86. The van der Waals surface area contributed by atoms with Crippen LogP contribution in [0.15, 0.2) is 70.7 Å². The topological polar surface area (TPSA) is 46.2 Å². The molecule has 2 aromatic rings. The van der Waals surface area contributed by atoms with Crippen molar-refractivity contribution in [2.24, 2.45) is 5.92 Å². The second kappa shape index (κ2) is 7.14. The van der Waals surface area contributed by atoms with Gasteiger partial charge in [-0.1, -0.05) is 57.9 Å². The number of halogens is 1. The van der Waals surface area contributed by atoms with Gasteiger partial charge < -0.3 is 5.32 Å². The van der Waals surface area contributed by atoms with Crippen LogP contribution in [-0.2, 0) is 9.59 Å². The van der Waals surface area contributed by atoms with E-state index < -0.39 is 0 Å². The van der Waals surface area contributed by atoms with Gasteiger partial charge in [-0.3, -0.25) is 9.59 Å². The first kappa shape index (κ1) is 16.7. The summed E-state index contributed by atoms with van der Waals surface area (Å²) in [7, 11) is 0. The lowest BCUT2D eigenvalue weighted by Gasteiger charge is -2.30. The average Bonchev–Trinajstić information content (AvgIpc) is 2.54. The molecule has 1 aliphatic rings. The summed E-state index contributed by atoms with van der Waals surface area (Å²) < 4.78 is 0.908. The number of carbonyl (C=O) groups is 2. The summed E-state index contributed by atoms with van der Waals surface area (Å²) in [5.41, 5.74) is 2.58. The summed E-state index contributed by atoms with van der Waals surface area (Å²) in [5, 5.41) is 2.98. The molecule has 0 fully saturated rings. The molecule has 0 saturated heterocycles. The zero-order valence-electron chi connectivity index (χ0n) is 13.3.